The van der Waals surface area contributed by atoms with Crippen LogP contribution < -0.4 is 10.6 Å². The standard InChI is InChI=1S/C18H16ClF3N2O.ClH/c19-15-6-3-12-10-23-8-7-14(12)17(15)24-16(25)9-11-1-4-13(5-2-11)18(20,21)22;/h1-6,23H,7-10H2,(H,24,25);1H. The Balaban J connectivity index is 0.00000243. The van der Waals surface area contributed by atoms with E-state index in [1.54, 1.807) is 6.07 Å². The van der Waals surface area contributed by atoms with Crippen LogP contribution >= 0.6 is 24.0 Å². The average molecular weight is 405 g/mol. The van der Waals surface area contributed by atoms with E-state index in [2.05, 4.69) is 10.6 Å². The molecular weight excluding hydrogens is 388 g/mol. The second kappa shape index (κ2) is 8.29. The molecule has 0 atom stereocenters. The van der Waals surface area contributed by atoms with Crippen LogP contribution in [-0.2, 0) is 30.4 Å². The molecule has 8 heteroatoms. The molecular formula is C18H17Cl2F3N2O. The van der Waals surface area contributed by atoms with Crippen LogP contribution in [0.15, 0.2) is 36.4 Å². The number of carbonyl (C=O) groups excluding carboxylic acids is 1. The number of halogens is 5. The number of hydrogen-bond acceptors (Lipinski definition) is 2. The van der Waals surface area contributed by atoms with Crippen molar-refractivity contribution < 1.29 is 18.0 Å². The Hall–Kier alpha value is -1.76. The quantitative estimate of drug-likeness (QED) is 0.784. The van der Waals surface area contributed by atoms with Crippen molar-refractivity contribution in [1.29, 1.82) is 0 Å². The van der Waals surface area contributed by atoms with Crippen molar-refractivity contribution in [2.75, 3.05) is 11.9 Å². The van der Waals surface area contributed by atoms with E-state index >= 15 is 0 Å². The molecule has 0 aliphatic carbocycles. The molecule has 1 amide bonds. The molecule has 0 radical (unpaired) electrons. The zero-order valence-electron chi connectivity index (χ0n) is 13.6. The Labute approximate surface area is 160 Å². The first-order valence-electron chi connectivity index (χ1n) is 7.81. The van der Waals surface area contributed by atoms with Gasteiger partial charge in [-0.05, 0) is 47.9 Å². The van der Waals surface area contributed by atoms with E-state index in [0.29, 0.717) is 22.8 Å². The van der Waals surface area contributed by atoms with Gasteiger partial charge in [-0.25, -0.2) is 0 Å². The minimum absolute atomic E-state index is 0. The van der Waals surface area contributed by atoms with Gasteiger partial charge in [-0.3, -0.25) is 4.79 Å². The number of rotatable bonds is 3. The summed E-state index contributed by atoms with van der Waals surface area (Å²) < 4.78 is 37.7. The van der Waals surface area contributed by atoms with Crippen molar-refractivity contribution in [3.63, 3.8) is 0 Å². The fourth-order valence-corrected chi connectivity index (χ4v) is 3.09. The summed E-state index contributed by atoms with van der Waals surface area (Å²) in [5.41, 5.74) is 2.46. The van der Waals surface area contributed by atoms with Gasteiger partial charge in [0, 0.05) is 6.54 Å². The molecule has 3 nitrogen and oxygen atoms in total. The van der Waals surface area contributed by atoms with E-state index in [1.807, 2.05) is 6.07 Å². The lowest BCUT2D eigenvalue weighted by atomic mass is 9.98. The van der Waals surface area contributed by atoms with Crippen LogP contribution in [0, 0.1) is 0 Å². The Bertz CT molecular complexity index is 792. The van der Waals surface area contributed by atoms with E-state index in [4.69, 9.17) is 11.6 Å². The third kappa shape index (κ3) is 4.69. The lowest BCUT2D eigenvalue weighted by Gasteiger charge is -2.21. The molecule has 2 aromatic carbocycles. The van der Waals surface area contributed by atoms with Gasteiger partial charge < -0.3 is 10.6 Å². The summed E-state index contributed by atoms with van der Waals surface area (Å²) >= 11 is 6.22. The summed E-state index contributed by atoms with van der Waals surface area (Å²) in [6.45, 7) is 1.52. The number of hydrogen-bond donors (Lipinski definition) is 2. The maximum Gasteiger partial charge on any atom is 0.416 e. The fraction of sp³-hybridized carbons (Fsp3) is 0.278. The van der Waals surface area contributed by atoms with Crippen molar-refractivity contribution in [1.82, 2.24) is 5.32 Å². The Morgan fingerprint density at radius 1 is 1.15 bits per heavy atom. The molecule has 1 aliphatic rings. The molecule has 0 fully saturated rings. The van der Waals surface area contributed by atoms with Gasteiger partial charge in [0.15, 0.2) is 0 Å². The molecule has 0 spiro atoms. The van der Waals surface area contributed by atoms with E-state index in [9.17, 15) is 18.0 Å². The highest BCUT2D eigenvalue weighted by Crippen LogP contribution is 2.31. The highest BCUT2D eigenvalue weighted by molar-refractivity contribution is 6.34. The van der Waals surface area contributed by atoms with E-state index in [0.717, 1.165) is 36.2 Å². The largest absolute Gasteiger partial charge is 0.416 e. The predicted molar refractivity (Wildman–Crippen MR) is 97.9 cm³/mol. The van der Waals surface area contributed by atoms with Crippen LogP contribution in [-0.4, -0.2) is 12.5 Å². The first-order valence-corrected chi connectivity index (χ1v) is 8.19. The summed E-state index contributed by atoms with van der Waals surface area (Å²) in [6, 6.07) is 8.25. The monoisotopic (exact) mass is 404 g/mol. The number of alkyl halides is 3. The molecule has 1 aliphatic heterocycles. The van der Waals surface area contributed by atoms with E-state index in [-0.39, 0.29) is 24.7 Å². The molecule has 140 valence electrons. The molecule has 0 unspecified atom stereocenters. The summed E-state index contributed by atoms with van der Waals surface area (Å²) in [5, 5.41) is 6.52. The molecule has 0 bridgehead atoms. The number of amides is 1. The van der Waals surface area contributed by atoms with Crippen LogP contribution in [0.1, 0.15) is 22.3 Å². The molecule has 1 heterocycles. The molecule has 3 rings (SSSR count). The van der Waals surface area contributed by atoms with Gasteiger partial charge >= 0.3 is 6.18 Å². The SMILES string of the molecule is Cl.O=C(Cc1ccc(C(F)(F)F)cc1)Nc1c(Cl)ccc2c1CCNC2. The van der Waals surface area contributed by atoms with Crippen LogP contribution in [0.2, 0.25) is 5.02 Å². The minimum atomic E-state index is -4.38. The summed E-state index contributed by atoms with van der Waals surface area (Å²) in [6.07, 6.45) is -3.65. The molecule has 2 N–H and O–H groups in total. The van der Waals surface area contributed by atoms with Crippen molar-refractivity contribution in [2.45, 2.75) is 25.6 Å². The first kappa shape index (κ1) is 20.6. The van der Waals surface area contributed by atoms with E-state index < -0.39 is 11.7 Å². The van der Waals surface area contributed by atoms with Crippen molar-refractivity contribution in [3.8, 4) is 0 Å². The minimum Gasteiger partial charge on any atom is -0.324 e. The average Bonchev–Trinajstić information content (AvgIpc) is 2.57. The van der Waals surface area contributed by atoms with Gasteiger partial charge in [0.05, 0.1) is 22.7 Å². The molecule has 0 saturated heterocycles. The number of fused-ring (bicyclic) bond motifs is 1. The Kier molecular flexibility index (Phi) is 6.55. The number of nitrogens with one attached hydrogen (secondary N) is 2. The van der Waals surface area contributed by atoms with E-state index in [1.165, 1.54) is 12.1 Å². The molecule has 0 saturated carbocycles. The normalized spacial score (nSPS) is 13.5. The van der Waals surface area contributed by atoms with Crippen LogP contribution in [0.3, 0.4) is 0 Å². The zero-order valence-corrected chi connectivity index (χ0v) is 15.2. The molecule has 2 aromatic rings. The maximum absolute atomic E-state index is 12.6. The van der Waals surface area contributed by atoms with Gasteiger partial charge in [-0.2, -0.15) is 13.2 Å². The van der Waals surface area contributed by atoms with Crippen LogP contribution in [0.4, 0.5) is 18.9 Å². The number of anilines is 1. The Morgan fingerprint density at radius 2 is 1.85 bits per heavy atom. The molecule has 0 aromatic heterocycles. The summed E-state index contributed by atoms with van der Waals surface area (Å²) in [5.74, 6) is -0.311. The van der Waals surface area contributed by atoms with Crippen LogP contribution in [0.25, 0.3) is 0 Å². The summed E-state index contributed by atoms with van der Waals surface area (Å²) in [4.78, 5) is 12.3. The first-order chi connectivity index (χ1) is 11.8. The number of benzene rings is 2. The van der Waals surface area contributed by atoms with Gasteiger partial charge in [0.1, 0.15) is 0 Å². The topological polar surface area (TPSA) is 41.1 Å². The van der Waals surface area contributed by atoms with Crippen molar-refractivity contribution in [2.24, 2.45) is 0 Å². The summed E-state index contributed by atoms with van der Waals surface area (Å²) in [7, 11) is 0. The highest BCUT2D eigenvalue weighted by atomic mass is 35.5. The van der Waals surface area contributed by atoms with Crippen molar-refractivity contribution in [3.05, 3.63) is 63.7 Å². The molecule has 26 heavy (non-hydrogen) atoms. The zero-order chi connectivity index (χ0) is 18.0. The number of carbonyl (C=O) groups is 1. The smallest absolute Gasteiger partial charge is 0.324 e. The van der Waals surface area contributed by atoms with Gasteiger partial charge in [0.25, 0.3) is 0 Å². The van der Waals surface area contributed by atoms with Gasteiger partial charge in [-0.15, -0.1) is 12.4 Å². The van der Waals surface area contributed by atoms with Crippen LogP contribution in [0.5, 0.6) is 0 Å². The predicted octanol–water partition coefficient (Wildman–Crippen LogP) is 4.61. The van der Waals surface area contributed by atoms with Crippen molar-refractivity contribution >= 4 is 35.6 Å². The maximum atomic E-state index is 12.6. The Morgan fingerprint density at radius 3 is 2.50 bits per heavy atom. The third-order valence-electron chi connectivity index (χ3n) is 4.14. The lowest BCUT2D eigenvalue weighted by molar-refractivity contribution is -0.137. The lowest BCUT2D eigenvalue weighted by Crippen LogP contribution is -2.26. The van der Waals surface area contributed by atoms with Gasteiger partial charge in [-0.1, -0.05) is 29.8 Å². The van der Waals surface area contributed by atoms with Gasteiger partial charge in [0.2, 0.25) is 5.91 Å². The second-order valence-electron chi connectivity index (χ2n) is 5.91. The second-order valence-corrected chi connectivity index (χ2v) is 6.31. The fourth-order valence-electron chi connectivity index (χ4n) is 2.87. The third-order valence-corrected chi connectivity index (χ3v) is 4.45. The highest BCUT2D eigenvalue weighted by Gasteiger charge is 2.30.